The lowest BCUT2D eigenvalue weighted by molar-refractivity contribution is 0.0742. The van der Waals surface area contributed by atoms with E-state index in [0.29, 0.717) is 5.56 Å². The molecule has 2 rings (SSSR count). The van der Waals surface area contributed by atoms with E-state index in [1.165, 1.54) is 24.3 Å². The van der Waals surface area contributed by atoms with Crippen LogP contribution in [0.15, 0.2) is 53.7 Å². The summed E-state index contributed by atoms with van der Waals surface area (Å²) >= 11 is 0. The monoisotopic (exact) mass is 372 g/mol. The van der Waals surface area contributed by atoms with E-state index >= 15 is 0 Å². The molecule has 26 heavy (non-hydrogen) atoms. The van der Waals surface area contributed by atoms with Gasteiger partial charge in [0.25, 0.3) is 5.91 Å². The Labute approximate surface area is 153 Å². The summed E-state index contributed by atoms with van der Waals surface area (Å²) in [7, 11) is -1.99. The van der Waals surface area contributed by atoms with E-state index in [9.17, 15) is 13.2 Å². The zero-order chi connectivity index (χ0) is 19.2. The second-order valence-electron chi connectivity index (χ2n) is 5.70. The third-order valence-electron chi connectivity index (χ3n) is 4.03. The first kappa shape index (κ1) is 19.6. The maximum atomic E-state index is 12.6. The fourth-order valence-electron chi connectivity index (χ4n) is 2.35. The lowest BCUT2D eigenvalue weighted by Crippen LogP contribution is -2.29. The van der Waals surface area contributed by atoms with Crippen molar-refractivity contribution in [2.45, 2.75) is 24.3 Å². The molecule has 0 bridgehead atoms. The second-order valence-corrected chi connectivity index (χ2v) is 7.47. The summed E-state index contributed by atoms with van der Waals surface area (Å²) in [5.74, 6) is -0.212. The SMILES string of the molecule is CC(c1ccncc1)N(C)C(=O)c1ccc(S(=O)(=O)NCCC#N)cc1. The zero-order valence-electron chi connectivity index (χ0n) is 14.6. The van der Waals surface area contributed by atoms with Crippen LogP contribution in [0.25, 0.3) is 0 Å². The Morgan fingerprint density at radius 2 is 1.85 bits per heavy atom. The Morgan fingerprint density at radius 1 is 1.23 bits per heavy atom. The number of benzene rings is 1. The van der Waals surface area contributed by atoms with Gasteiger partial charge in [-0.3, -0.25) is 9.78 Å². The number of carbonyl (C=O) groups is 1. The molecule has 1 aromatic heterocycles. The molecule has 0 fully saturated rings. The zero-order valence-corrected chi connectivity index (χ0v) is 15.4. The van der Waals surface area contributed by atoms with E-state index in [-0.39, 0.29) is 29.8 Å². The van der Waals surface area contributed by atoms with Gasteiger partial charge in [0.1, 0.15) is 0 Å². The highest BCUT2D eigenvalue weighted by Gasteiger charge is 2.20. The van der Waals surface area contributed by atoms with Gasteiger partial charge in [-0.15, -0.1) is 0 Å². The molecular weight excluding hydrogens is 352 g/mol. The Hall–Kier alpha value is -2.76. The van der Waals surface area contributed by atoms with E-state index in [0.717, 1.165) is 5.56 Å². The summed E-state index contributed by atoms with van der Waals surface area (Å²) in [4.78, 5) is 18.2. The van der Waals surface area contributed by atoms with Gasteiger partial charge in [0.05, 0.1) is 17.0 Å². The number of pyridine rings is 1. The Morgan fingerprint density at radius 3 is 2.42 bits per heavy atom. The molecule has 1 aromatic carbocycles. The standard InChI is InChI=1S/C18H20N4O3S/c1-14(15-8-12-20-13-9-15)22(2)18(23)16-4-6-17(7-5-16)26(24,25)21-11-3-10-19/h4-9,12-14,21H,3,11H2,1-2H3. The molecule has 2 aromatic rings. The van der Waals surface area contributed by atoms with Gasteiger partial charge in [-0.1, -0.05) is 0 Å². The van der Waals surface area contributed by atoms with E-state index in [4.69, 9.17) is 5.26 Å². The minimum atomic E-state index is -3.69. The number of hydrogen-bond donors (Lipinski definition) is 1. The molecule has 1 atom stereocenters. The Kier molecular flexibility index (Phi) is 6.44. The van der Waals surface area contributed by atoms with Gasteiger partial charge < -0.3 is 4.90 Å². The molecule has 1 N–H and O–H groups in total. The van der Waals surface area contributed by atoms with Crippen LogP contribution >= 0.6 is 0 Å². The lowest BCUT2D eigenvalue weighted by Gasteiger charge is -2.25. The Balaban J connectivity index is 2.12. The molecule has 0 saturated heterocycles. The third kappa shape index (κ3) is 4.65. The molecule has 0 radical (unpaired) electrons. The van der Waals surface area contributed by atoms with Crippen LogP contribution in [0.1, 0.15) is 35.3 Å². The predicted molar refractivity (Wildman–Crippen MR) is 96.6 cm³/mol. The molecule has 8 heteroatoms. The molecule has 0 aliphatic carbocycles. The normalized spacial score (nSPS) is 12.2. The first-order valence-electron chi connectivity index (χ1n) is 8.00. The van der Waals surface area contributed by atoms with Crippen LogP contribution in [0.4, 0.5) is 0 Å². The molecule has 0 saturated carbocycles. The van der Waals surface area contributed by atoms with Crippen LogP contribution in [-0.2, 0) is 10.0 Å². The van der Waals surface area contributed by atoms with Crippen LogP contribution < -0.4 is 4.72 Å². The van der Waals surface area contributed by atoms with Crippen LogP contribution in [-0.4, -0.2) is 37.8 Å². The molecule has 7 nitrogen and oxygen atoms in total. The summed E-state index contributed by atoms with van der Waals surface area (Å²) in [5, 5.41) is 8.48. The van der Waals surface area contributed by atoms with Crippen LogP contribution in [0.5, 0.6) is 0 Å². The highest BCUT2D eigenvalue weighted by atomic mass is 32.2. The summed E-state index contributed by atoms with van der Waals surface area (Å²) < 4.78 is 26.5. The van der Waals surface area contributed by atoms with Gasteiger partial charge in [-0.25, -0.2) is 13.1 Å². The predicted octanol–water partition coefficient (Wildman–Crippen LogP) is 2.11. The largest absolute Gasteiger partial charge is 0.335 e. The van der Waals surface area contributed by atoms with Crippen molar-refractivity contribution in [2.24, 2.45) is 0 Å². The van der Waals surface area contributed by atoms with Crippen LogP contribution in [0.2, 0.25) is 0 Å². The van der Waals surface area contributed by atoms with Crippen molar-refractivity contribution in [3.63, 3.8) is 0 Å². The first-order chi connectivity index (χ1) is 12.4. The maximum absolute atomic E-state index is 12.6. The minimum absolute atomic E-state index is 0.0473. The average molecular weight is 372 g/mol. The van der Waals surface area contributed by atoms with Gasteiger partial charge in [0.2, 0.25) is 10.0 Å². The fourth-order valence-corrected chi connectivity index (χ4v) is 3.38. The van der Waals surface area contributed by atoms with Crippen molar-refractivity contribution in [1.29, 1.82) is 5.26 Å². The lowest BCUT2D eigenvalue weighted by atomic mass is 10.1. The van der Waals surface area contributed by atoms with E-state index < -0.39 is 10.0 Å². The summed E-state index contributed by atoms with van der Waals surface area (Å²) in [5.41, 5.74) is 1.35. The van der Waals surface area contributed by atoms with Crippen molar-refractivity contribution in [2.75, 3.05) is 13.6 Å². The summed E-state index contributed by atoms with van der Waals surface area (Å²) in [6.45, 7) is 1.96. The van der Waals surface area contributed by atoms with Crippen molar-refractivity contribution >= 4 is 15.9 Å². The molecule has 0 spiro atoms. The van der Waals surface area contributed by atoms with Crippen LogP contribution in [0.3, 0.4) is 0 Å². The van der Waals surface area contributed by atoms with Gasteiger partial charge >= 0.3 is 0 Å². The van der Waals surface area contributed by atoms with Crippen molar-refractivity contribution in [3.05, 3.63) is 59.9 Å². The molecule has 0 aliphatic heterocycles. The number of amides is 1. The van der Waals surface area contributed by atoms with Crippen molar-refractivity contribution < 1.29 is 13.2 Å². The summed E-state index contributed by atoms with van der Waals surface area (Å²) in [6.07, 6.45) is 3.43. The van der Waals surface area contributed by atoms with E-state index in [1.807, 2.05) is 25.1 Å². The third-order valence-corrected chi connectivity index (χ3v) is 5.51. The van der Waals surface area contributed by atoms with Gasteiger partial charge in [-0.05, 0) is 48.9 Å². The van der Waals surface area contributed by atoms with E-state index in [2.05, 4.69) is 9.71 Å². The number of aromatic nitrogens is 1. The van der Waals surface area contributed by atoms with Gasteiger partial charge in [-0.2, -0.15) is 5.26 Å². The number of nitrogens with one attached hydrogen (secondary N) is 1. The van der Waals surface area contributed by atoms with Gasteiger partial charge in [0, 0.05) is 38.0 Å². The molecule has 136 valence electrons. The number of rotatable bonds is 7. The molecule has 0 aliphatic rings. The Bertz CT molecular complexity index is 890. The topological polar surface area (TPSA) is 103 Å². The molecule has 1 heterocycles. The number of carbonyl (C=O) groups excluding carboxylic acids is 1. The van der Waals surface area contributed by atoms with Crippen molar-refractivity contribution in [3.8, 4) is 6.07 Å². The second kappa shape index (κ2) is 8.56. The minimum Gasteiger partial charge on any atom is -0.335 e. The first-order valence-corrected chi connectivity index (χ1v) is 9.49. The molecular formula is C18H20N4O3S. The molecule has 1 amide bonds. The summed E-state index contributed by atoms with van der Waals surface area (Å²) in [6, 6.07) is 11.1. The quantitative estimate of drug-likeness (QED) is 0.750. The van der Waals surface area contributed by atoms with Gasteiger partial charge in [0.15, 0.2) is 0 Å². The van der Waals surface area contributed by atoms with Crippen LogP contribution in [0, 0.1) is 11.3 Å². The number of sulfonamides is 1. The van der Waals surface area contributed by atoms with Crippen molar-refractivity contribution in [1.82, 2.24) is 14.6 Å². The fraction of sp³-hybridized carbons (Fsp3) is 0.278. The highest BCUT2D eigenvalue weighted by molar-refractivity contribution is 7.89. The number of nitriles is 1. The average Bonchev–Trinajstić information content (AvgIpc) is 2.67. The number of hydrogen-bond acceptors (Lipinski definition) is 5. The van der Waals surface area contributed by atoms with E-state index in [1.54, 1.807) is 24.3 Å². The highest BCUT2D eigenvalue weighted by Crippen LogP contribution is 2.20. The number of nitrogens with zero attached hydrogens (tertiary/aromatic N) is 3. The smallest absolute Gasteiger partial charge is 0.254 e. The maximum Gasteiger partial charge on any atom is 0.254 e. The molecule has 1 unspecified atom stereocenters.